The van der Waals surface area contributed by atoms with E-state index in [0.29, 0.717) is 32.1 Å². The molecule has 0 saturated heterocycles. The summed E-state index contributed by atoms with van der Waals surface area (Å²) < 4.78 is 10.9. The number of nitrogens with zero attached hydrogens (tertiary/aromatic N) is 1. The van der Waals surface area contributed by atoms with Crippen LogP contribution in [0.4, 0.5) is 0 Å². The maximum absolute atomic E-state index is 13.0. The highest BCUT2D eigenvalue weighted by molar-refractivity contribution is 9.10. The van der Waals surface area contributed by atoms with Crippen molar-refractivity contribution in [1.29, 1.82) is 5.26 Å². The molecule has 2 atom stereocenters. The number of benzene rings is 3. The highest BCUT2D eigenvalue weighted by atomic mass is 79.9. The van der Waals surface area contributed by atoms with Crippen LogP contribution in [0.1, 0.15) is 17.0 Å². The number of esters is 1. The van der Waals surface area contributed by atoms with E-state index in [0.717, 1.165) is 16.3 Å². The van der Waals surface area contributed by atoms with E-state index in [9.17, 15) is 14.9 Å². The average Bonchev–Trinajstić information content (AvgIpc) is 2.86. The number of allylic oxidation sites excluding steroid dienone is 1. The first-order valence-electron chi connectivity index (χ1n) is 10.4. The molecule has 1 N–H and O–H groups in total. The molecule has 0 aromatic heterocycles. The van der Waals surface area contributed by atoms with Gasteiger partial charge in [-0.05, 0) is 50.0 Å². The normalized spacial score (nSPS) is 17.8. The Morgan fingerprint density at radius 1 is 1.12 bits per heavy atom. The van der Waals surface area contributed by atoms with Gasteiger partial charge in [0.15, 0.2) is 0 Å². The molecule has 1 heterocycles. The van der Waals surface area contributed by atoms with E-state index in [-0.39, 0.29) is 0 Å². The number of carbonyl (C=O) groups excluding carboxylic acids is 2. The van der Waals surface area contributed by atoms with Gasteiger partial charge in [-0.3, -0.25) is 9.59 Å². The van der Waals surface area contributed by atoms with Crippen molar-refractivity contribution in [3.05, 3.63) is 86.9 Å². The molecule has 34 heavy (non-hydrogen) atoms. The van der Waals surface area contributed by atoms with Gasteiger partial charge < -0.3 is 14.8 Å². The van der Waals surface area contributed by atoms with Crippen LogP contribution in [0, 0.1) is 17.2 Å². The van der Waals surface area contributed by atoms with E-state index in [1.807, 2.05) is 24.3 Å². The van der Waals surface area contributed by atoms with E-state index >= 15 is 0 Å². The number of rotatable bonds is 6. The summed E-state index contributed by atoms with van der Waals surface area (Å²) in [5, 5.41) is 15.6. The summed E-state index contributed by atoms with van der Waals surface area (Å²) in [5.41, 5.74) is 2.01. The fraction of sp³-hybridized carbons (Fsp3) is 0.192. The minimum atomic E-state index is -1.18. The fourth-order valence-corrected chi connectivity index (χ4v) is 5.59. The van der Waals surface area contributed by atoms with Gasteiger partial charge >= 0.3 is 5.97 Å². The maximum atomic E-state index is 13.0. The summed E-state index contributed by atoms with van der Waals surface area (Å²) in [6.07, 6.45) is 0. The monoisotopic (exact) mass is 536 g/mol. The third-order valence-corrected chi connectivity index (χ3v) is 7.42. The number of halogens is 1. The van der Waals surface area contributed by atoms with Crippen molar-refractivity contribution in [2.24, 2.45) is 5.92 Å². The number of carbonyl (C=O) groups is 2. The molecule has 4 rings (SSSR count). The Labute approximate surface area is 210 Å². The number of thioether (sulfide) groups is 1. The van der Waals surface area contributed by atoms with E-state index < -0.39 is 23.7 Å². The smallest absolute Gasteiger partial charge is 0.319 e. The van der Waals surface area contributed by atoms with Crippen LogP contribution in [0.5, 0.6) is 5.75 Å². The third-order valence-electron chi connectivity index (χ3n) is 5.72. The molecule has 0 bridgehead atoms. The van der Waals surface area contributed by atoms with Gasteiger partial charge in [0, 0.05) is 11.7 Å². The molecule has 1 aliphatic rings. The van der Waals surface area contributed by atoms with Crippen molar-refractivity contribution < 1.29 is 19.1 Å². The Morgan fingerprint density at radius 3 is 2.56 bits per heavy atom. The molecule has 3 aromatic rings. The van der Waals surface area contributed by atoms with Crippen LogP contribution in [-0.2, 0) is 20.1 Å². The van der Waals surface area contributed by atoms with Gasteiger partial charge in [0.25, 0.3) is 0 Å². The molecule has 6 nitrogen and oxygen atoms in total. The van der Waals surface area contributed by atoms with Gasteiger partial charge in [0.1, 0.15) is 11.7 Å². The highest BCUT2D eigenvalue weighted by Gasteiger charge is 2.44. The summed E-state index contributed by atoms with van der Waals surface area (Å²) >= 11 is 4.82. The first-order valence-corrected chi connectivity index (χ1v) is 12.2. The summed E-state index contributed by atoms with van der Waals surface area (Å²) in [6.45, 7) is 0. The van der Waals surface area contributed by atoms with Crippen molar-refractivity contribution in [1.82, 2.24) is 5.32 Å². The lowest BCUT2D eigenvalue weighted by Gasteiger charge is -2.31. The lowest BCUT2D eigenvalue weighted by atomic mass is 9.78. The second-order valence-electron chi connectivity index (χ2n) is 7.69. The molecule has 1 aliphatic heterocycles. The third kappa shape index (κ3) is 4.67. The SMILES string of the molecule is COC(=O)[C@H]1C(=O)NC(SCc2ccc3ccccc3c2)=C(C#N)[C@@H]1c1ccc(OC)c(Br)c1. The topological polar surface area (TPSA) is 88.4 Å². The summed E-state index contributed by atoms with van der Waals surface area (Å²) in [4.78, 5) is 25.6. The van der Waals surface area contributed by atoms with E-state index in [2.05, 4.69) is 45.5 Å². The van der Waals surface area contributed by atoms with Crippen LogP contribution in [0.2, 0.25) is 0 Å². The lowest BCUT2D eigenvalue weighted by molar-refractivity contribution is -0.150. The Balaban J connectivity index is 1.72. The van der Waals surface area contributed by atoms with Crippen molar-refractivity contribution in [3.63, 3.8) is 0 Å². The van der Waals surface area contributed by atoms with Gasteiger partial charge in [-0.15, -0.1) is 11.8 Å². The number of fused-ring (bicyclic) bond motifs is 1. The minimum absolute atomic E-state index is 0.317. The number of nitriles is 1. The molecule has 1 amide bonds. The number of hydrogen-bond acceptors (Lipinski definition) is 6. The molecule has 172 valence electrons. The van der Waals surface area contributed by atoms with Crippen molar-refractivity contribution in [2.45, 2.75) is 11.7 Å². The second kappa shape index (κ2) is 10.3. The summed E-state index contributed by atoms with van der Waals surface area (Å²) in [7, 11) is 2.78. The standard InChI is InChI=1S/C26H21BrN2O4S/c1-32-21-10-9-18(12-20(21)27)22-19(13-28)25(29-24(30)23(22)26(31)33-2)34-14-15-7-8-16-5-3-4-6-17(16)11-15/h3-12,22-23H,14H2,1-2H3,(H,29,30)/t22-,23+/m0/s1. The second-order valence-corrected chi connectivity index (χ2v) is 9.53. The highest BCUT2D eigenvalue weighted by Crippen LogP contribution is 2.42. The largest absolute Gasteiger partial charge is 0.496 e. The molecular formula is C26H21BrN2O4S. The van der Waals surface area contributed by atoms with Crippen LogP contribution in [0.15, 0.2) is 75.7 Å². The van der Waals surface area contributed by atoms with Gasteiger partial charge in [-0.25, -0.2) is 0 Å². The predicted molar refractivity (Wildman–Crippen MR) is 135 cm³/mol. The van der Waals surface area contributed by atoms with Gasteiger partial charge in [0.2, 0.25) is 5.91 Å². The van der Waals surface area contributed by atoms with Gasteiger partial charge in [-0.1, -0.05) is 48.5 Å². The number of ether oxygens (including phenoxy) is 2. The van der Waals surface area contributed by atoms with E-state index in [1.54, 1.807) is 25.3 Å². The Kier molecular flexibility index (Phi) is 7.25. The first-order chi connectivity index (χ1) is 16.5. The molecular weight excluding hydrogens is 516 g/mol. The summed E-state index contributed by atoms with van der Waals surface area (Å²) in [5.74, 6) is -2.00. The minimum Gasteiger partial charge on any atom is -0.496 e. The van der Waals surface area contributed by atoms with Crippen molar-refractivity contribution in [3.8, 4) is 11.8 Å². The summed E-state index contributed by atoms with van der Waals surface area (Å²) in [6, 6.07) is 21.7. The zero-order chi connectivity index (χ0) is 24.2. The number of methoxy groups -OCH3 is 2. The Hall–Kier alpha value is -3.28. The number of amides is 1. The first kappa shape index (κ1) is 23.9. The molecule has 0 radical (unpaired) electrons. The van der Waals surface area contributed by atoms with E-state index in [1.165, 1.54) is 18.9 Å². The molecule has 0 spiro atoms. The zero-order valence-corrected chi connectivity index (χ0v) is 20.9. The molecule has 0 fully saturated rings. The van der Waals surface area contributed by atoms with Gasteiger partial charge in [-0.2, -0.15) is 5.26 Å². The molecule has 3 aromatic carbocycles. The van der Waals surface area contributed by atoms with Crippen LogP contribution in [0.3, 0.4) is 0 Å². The Bertz CT molecular complexity index is 1350. The van der Waals surface area contributed by atoms with Crippen LogP contribution >= 0.6 is 27.7 Å². The zero-order valence-electron chi connectivity index (χ0n) is 18.5. The van der Waals surface area contributed by atoms with Crippen LogP contribution < -0.4 is 10.1 Å². The van der Waals surface area contributed by atoms with E-state index in [4.69, 9.17) is 9.47 Å². The number of hydrogen-bond donors (Lipinski definition) is 1. The van der Waals surface area contributed by atoms with Crippen LogP contribution in [-0.4, -0.2) is 26.1 Å². The maximum Gasteiger partial charge on any atom is 0.319 e. The average molecular weight is 537 g/mol. The fourth-order valence-electron chi connectivity index (χ4n) is 4.04. The van der Waals surface area contributed by atoms with Gasteiger partial charge in [0.05, 0.1) is 35.4 Å². The van der Waals surface area contributed by atoms with Crippen LogP contribution in [0.25, 0.3) is 10.8 Å². The molecule has 0 unspecified atom stereocenters. The molecule has 0 aliphatic carbocycles. The quantitative estimate of drug-likeness (QED) is 0.340. The number of nitrogens with one attached hydrogen (secondary N) is 1. The lowest BCUT2D eigenvalue weighted by Crippen LogP contribution is -2.44. The molecule has 8 heteroatoms. The predicted octanol–water partition coefficient (Wildman–Crippen LogP) is 5.28. The van der Waals surface area contributed by atoms with Crippen molar-refractivity contribution in [2.75, 3.05) is 14.2 Å². The van der Waals surface area contributed by atoms with Crippen molar-refractivity contribution >= 4 is 50.3 Å². The Morgan fingerprint density at radius 2 is 1.88 bits per heavy atom. The molecule has 0 saturated carbocycles.